The highest BCUT2D eigenvalue weighted by molar-refractivity contribution is 7.98. The molecule has 0 aliphatic heterocycles. The molecule has 0 heterocycles. The van der Waals surface area contributed by atoms with E-state index < -0.39 is 34.1 Å². The summed E-state index contributed by atoms with van der Waals surface area (Å²) in [6.45, 7) is -0.126. The van der Waals surface area contributed by atoms with Gasteiger partial charge in [-0.25, -0.2) is 17.2 Å². The molecule has 0 fully saturated rings. The molecule has 3 aromatic carbocycles. The molecule has 0 aromatic heterocycles. The number of amides is 1. The average Bonchev–Trinajstić information content (AvgIpc) is 2.79. The Labute approximate surface area is 190 Å². The number of anilines is 1. The lowest BCUT2D eigenvalue weighted by atomic mass is 10.2. The van der Waals surface area contributed by atoms with Gasteiger partial charge >= 0.3 is 0 Å². The van der Waals surface area contributed by atoms with Crippen molar-refractivity contribution in [3.05, 3.63) is 96.1 Å². The second kappa shape index (κ2) is 11.1. The fourth-order valence-corrected chi connectivity index (χ4v) is 5.11. The summed E-state index contributed by atoms with van der Waals surface area (Å²) >= 11 is 1.65. The third-order valence-electron chi connectivity index (χ3n) is 4.48. The minimum absolute atomic E-state index is 0.129. The zero-order valence-electron chi connectivity index (χ0n) is 17.1. The Hall–Kier alpha value is -2.91. The molecule has 0 radical (unpaired) electrons. The summed E-state index contributed by atoms with van der Waals surface area (Å²) in [7, 11) is -4.17. The van der Waals surface area contributed by atoms with Gasteiger partial charge in [-0.2, -0.15) is 11.8 Å². The molecule has 9 heteroatoms. The fourth-order valence-electron chi connectivity index (χ4n) is 2.87. The van der Waals surface area contributed by atoms with Gasteiger partial charge in [0, 0.05) is 18.1 Å². The minimum Gasteiger partial charge on any atom is -0.354 e. The lowest BCUT2D eigenvalue weighted by molar-refractivity contribution is -0.119. The van der Waals surface area contributed by atoms with Gasteiger partial charge in [0.25, 0.3) is 10.0 Å². The van der Waals surface area contributed by atoms with Crippen LogP contribution >= 0.6 is 11.8 Å². The quantitative estimate of drug-likeness (QED) is 0.445. The highest BCUT2D eigenvalue weighted by Gasteiger charge is 2.27. The largest absolute Gasteiger partial charge is 0.354 e. The Morgan fingerprint density at radius 3 is 2.09 bits per heavy atom. The Morgan fingerprint density at radius 1 is 0.875 bits per heavy atom. The van der Waals surface area contributed by atoms with Gasteiger partial charge in [-0.3, -0.25) is 9.10 Å². The van der Waals surface area contributed by atoms with Gasteiger partial charge in [-0.15, -0.1) is 0 Å². The number of nitrogens with one attached hydrogen (secondary N) is 1. The lowest BCUT2D eigenvalue weighted by Crippen LogP contribution is -2.41. The number of carbonyl (C=O) groups is 1. The second-order valence-electron chi connectivity index (χ2n) is 6.83. The van der Waals surface area contributed by atoms with E-state index in [0.29, 0.717) is 12.3 Å². The summed E-state index contributed by atoms with van der Waals surface area (Å²) in [5.41, 5.74) is 1.31. The number of hydrogen-bond acceptors (Lipinski definition) is 4. The molecule has 0 atom stereocenters. The Bertz CT molecular complexity index is 1120. The minimum atomic E-state index is -4.17. The number of halogens is 2. The van der Waals surface area contributed by atoms with Crippen molar-refractivity contribution in [3.63, 3.8) is 0 Å². The molecule has 0 aliphatic carbocycles. The van der Waals surface area contributed by atoms with Crippen molar-refractivity contribution in [3.8, 4) is 0 Å². The van der Waals surface area contributed by atoms with Crippen LogP contribution in [0.1, 0.15) is 5.56 Å². The Balaban J connectivity index is 1.65. The van der Waals surface area contributed by atoms with E-state index in [4.69, 9.17) is 0 Å². The van der Waals surface area contributed by atoms with E-state index in [1.807, 2.05) is 30.3 Å². The SMILES string of the molecule is O=C(CN(c1ccc(F)cc1)S(=O)(=O)c1ccc(F)cc1)NCCSCc1ccccc1. The van der Waals surface area contributed by atoms with Crippen LogP contribution in [0.5, 0.6) is 0 Å². The van der Waals surface area contributed by atoms with E-state index in [-0.39, 0.29) is 10.6 Å². The van der Waals surface area contributed by atoms with E-state index in [1.165, 1.54) is 17.7 Å². The van der Waals surface area contributed by atoms with Crippen molar-refractivity contribution in [1.82, 2.24) is 5.32 Å². The van der Waals surface area contributed by atoms with E-state index in [9.17, 15) is 22.0 Å². The molecule has 168 valence electrons. The van der Waals surface area contributed by atoms with E-state index in [0.717, 1.165) is 46.5 Å². The van der Waals surface area contributed by atoms with Crippen molar-refractivity contribution in [2.24, 2.45) is 0 Å². The van der Waals surface area contributed by atoms with Crippen molar-refractivity contribution in [1.29, 1.82) is 0 Å². The maximum absolute atomic E-state index is 13.3. The molecule has 0 bridgehead atoms. The predicted octanol–water partition coefficient (Wildman–Crippen LogP) is 4.21. The normalized spacial score (nSPS) is 11.2. The summed E-state index contributed by atoms with van der Waals surface area (Å²) in [5.74, 6) is -0.157. The van der Waals surface area contributed by atoms with Gasteiger partial charge in [0.15, 0.2) is 0 Å². The van der Waals surface area contributed by atoms with Crippen molar-refractivity contribution >= 4 is 33.4 Å². The third kappa shape index (κ3) is 6.54. The Kier molecular flexibility index (Phi) is 8.24. The van der Waals surface area contributed by atoms with Crippen LogP contribution in [-0.2, 0) is 20.6 Å². The number of thioether (sulfide) groups is 1. The van der Waals surface area contributed by atoms with Crippen LogP contribution in [0.2, 0.25) is 0 Å². The molecule has 0 saturated carbocycles. The third-order valence-corrected chi connectivity index (χ3v) is 7.30. The molecule has 5 nitrogen and oxygen atoms in total. The van der Waals surface area contributed by atoms with Gasteiger partial charge in [-0.1, -0.05) is 30.3 Å². The topological polar surface area (TPSA) is 66.5 Å². The van der Waals surface area contributed by atoms with Crippen LogP contribution in [0.3, 0.4) is 0 Å². The van der Waals surface area contributed by atoms with Crippen molar-refractivity contribution in [2.75, 3.05) is 23.1 Å². The molecule has 0 saturated heterocycles. The van der Waals surface area contributed by atoms with Gasteiger partial charge in [0.1, 0.15) is 18.2 Å². The zero-order chi connectivity index (χ0) is 23.0. The van der Waals surface area contributed by atoms with Gasteiger partial charge in [-0.05, 0) is 54.1 Å². The first-order valence-corrected chi connectivity index (χ1v) is 12.4. The van der Waals surface area contributed by atoms with Crippen LogP contribution in [0.15, 0.2) is 83.8 Å². The number of hydrogen-bond donors (Lipinski definition) is 1. The first-order chi connectivity index (χ1) is 15.4. The van der Waals surface area contributed by atoms with Crippen LogP contribution in [0.4, 0.5) is 14.5 Å². The van der Waals surface area contributed by atoms with E-state index >= 15 is 0 Å². The van der Waals surface area contributed by atoms with Crippen molar-refractivity contribution in [2.45, 2.75) is 10.6 Å². The molecule has 0 spiro atoms. The molecule has 0 aliphatic rings. The monoisotopic (exact) mass is 476 g/mol. The number of rotatable bonds is 10. The second-order valence-corrected chi connectivity index (χ2v) is 9.80. The first kappa shape index (κ1) is 23.7. The molecule has 1 amide bonds. The maximum atomic E-state index is 13.3. The van der Waals surface area contributed by atoms with Crippen LogP contribution in [0.25, 0.3) is 0 Å². The van der Waals surface area contributed by atoms with Gasteiger partial charge in [0.05, 0.1) is 10.6 Å². The van der Waals surface area contributed by atoms with Gasteiger partial charge < -0.3 is 5.32 Å². The van der Waals surface area contributed by atoms with E-state index in [1.54, 1.807) is 11.8 Å². The molecule has 3 aromatic rings. The summed E-state index contributed by atoms with van der Waals surface area (Å²) in [6, 6.07) is 19.0. The first-order valence-electron chi connectivity index (χ1n) is 9.78. The van der Waals surface area contributed by atoms with E-state index in [2.05, 4.69) is 5.32 Å². The summed E-state index contributed by atoms with van der Waals surface area (Å²) in [4.78, 5) is 12.3. The standard InChI is InChI=1S/C23H22F2N2O3S2/c24-19-6-10-21(11-7-19)27(32(29,30)22-12-8-20(25)9-13-22)16-23(28)26-14-15-31-17-18-4-2-1-3-5-18/h1-13H,14-17H2,(H,26,28). The van der Waals surface area contributed by atoms with Gasteiger partial charge in [0.2, 0.25) is 5.91 Å². The summed E-state index contributed by atoms with van der Waals surface area (Å²) in [6.07, 6.45) is 0. The molecular formula is C23H22F2N2O3S2. The number of nitrogens with zero attached hydrogens (tertiary/aromatic N) is 1. The highest BCUT2D eigenvalue weighted by atomic mass is 32.2. The number of sulfonamides is 1. The zero-order valence-corrected chi connectivity index (χ0v) is 18.7. The summed E-state index contributed by atoms with van der Waals surface area (Å²) in [5, 5.41) is 2.71. The smallest absolute Gasteiger partial charge is 0.264 e. The fraction of sp³-hybridized carbons (Fsp3) is 0.174. The highest BCUT2D eigenvalue weighted by Crippen LogP contribution is 2.24. The maximum Gasteiger partial charge on any atom is 0.264 e. The van der Waals surface area contributed by atoms with Crippen LogP contribution in [-0.4, -0.2) is 33.2 Å². The molecule has 1 N–H and O–H groups in total. The van der Waals surface area contributed by atoms with Crippen LogP contribution in [0, 0.1) is 11.6 Å². The average molecular weight is 477 g/mol. The molecular weight excluding hydrogens is 454 g/mol. The molecule has 0 unspecified atom stereocenters. The Morgan fingerprint density at radius 2 is 1.47 bits per heavy atom. The summed E-state index contributed by atoms with van der Waals surface area (Å²) < 4.78 is 53.7. The lowest BCUT2D eigenvalue weighted by Gasteiger charge is -2.24. The van der Waals surface area contributed by atoms with Crippen molar-refractivity contribution < 1.29 is 22.0 Å². The molecule has 32 heavy (non-hydrogen) atoms. The van der Waals surface area contributed by atoms with Crippen LogP contribution < -0.4 is 9.62 Å². The predicted molar refractivity (Wildman–Crippen MR) is 123 cm³/mol. The number of benzene rings is 3. The molecule has 3 rings (SSSR count). The number of carbonyl (C=O) groups excluding carboxylic acids is 1.